The normalized spacial score (nSPS) is 21.1. The van der Waals surface area contributed by atoms with Crippen LogP contribution in [0.2, 0.25) is 5.02 Å². The Hall–Kier alpha value is -2.05. The van der Waals surface area contributed by atoms with Crippen LogP contribution in [0.25, 0.3) is 0 Å². The van der Waals surface area contributed by atoms with Gasteiger partial charge in [-0.1, -0.05) is 23.7 Å². The summed E-state index contributed by atoms with van der Waals surface area (Å²) in [6, 6.07) is 7.71. The standard InChI is InChI=1S/C15H17ClN4O2/c1-22-11-4-2-3-9(5-11)12-6-10(21)7-20(12)15-13(16)14(17)18-8-19-15/h2-5,8,10,12,21H,6-7H2,1H3,(H2,17,18,19)/t10-,12-/m0/s1. The van der Waals surface area contributed by atoms with E-state index in [0.717, 1.165) is 11.3 Å². The van der Waals surface area contributed by atoms with Crippen molar-refractivity contribution in [2.24, 2.45) is 0 Å². The van der Waals surface area contributed by atoms with Gasteiger partial charge in [-0.3, -0.25) is 0 Å². The van der Waals surface area contributed by atoms with Gasteiger partial charge in [0.05, 0.1) is 19.3 Å². The maximum absolute atomic E-state index is 10.1. The summed E-state index contributed by atoms with van der Waals surface area (Å²) in [6.45, 7) is 0.443. The zero-order valence-corrected chi connectivity index (χ0v) is 12.9. The fourth-order valence-corrected chi connectivity index (χ4v) is 2.99. The second-order valence-electron chi connectivity index (χ2n) is 5.23. The lowest BCUT2D eigenvalue weighted by Gasteiger charge is -2.26. The third-order valence-electron chi connectivity index (χ3n) is 3.83. The summed E-state index contributed by atoms with van der Waals surface area (Å²) in [5, 5.41) is 10.4. The van der Waals surface area contributed by atoms with Crippen LogP contribution in [0.3, 0.4) is 0 Å². The minimum absolute atomic E-state index is 0.0445. The molecule has 3 N–H and O–H groups in total. The number of nitrogens with two attached hydrogens (primary N) is 1. The van der Waals surface area contributed by atoms with Crippen LogP contribution in [0.1, 0.15) is 18.0 Å². The molecule has 0 spiro atoms. The van der Waals surface area contributed by atoms with Crippen LogP contribution in [-0.2, 0) is 0 Å². The van der Waals surface area contributed by atoms with Crippen molar-refractivity contribution in [1.82, 2.24) is 9.97 Å². The maximum atomic E-state index is 10.1. The topological polar surface area (TPSA) is 84.5 Å². The molecule has 2 aromatic rings. The number of ether oxygens (including phenoxy) is 1. The highest BCUT2D eigenvalue weighted by Gasteiger charge is 2.34. The second-order valence-corrected chi connectivity index (χ2v) is 5.61. The summed E-state index contributed by atoms with van der Waals surface area (Å²) >= 11 is 6.23. The number of hydrogen-bond donors (Lipinski definition) is 2. The SMILES string of the molecule is COc1cccc([C@@H]2C[C@H](O)CN2c2ncnc(N)c2Cl)c1. The first-order valence-corrected chi connectivity index (χ1v) is 7.32. The Balaban J connectivity index is 2.00. The maximum Gasteiger partial charge on any atom is 0.153 e. The summed E-state index contributed by atoms with van der Waals surface area (Å²) < 4.78 is 5.27. The number of β-amino-alcohol motifs (C(OH)–C–C–N with tert-alkyl or cyclic N) is 1. The smallest absolute Gasteiger partial charge is 0.153 e. The number of anilines is 2. The van der Waals surface area contributed by atoms with Crippen molar-refractivity contribution in [1.29, 1.82) is 0 Å². The van der Waals surface area contributed by atoms with Gasteiger partial charge in [0.2, 0.25) is 0 Å². The van der Waals surface area contributed by atoms with Crippen molar-refractivity contribution in [2.75, 3.05) is 24.3 Å². The van der Waals surface area contributed by atoms with Crippen LogP contribution in [0.15, 0.2) is 30.6 Å². The van der Waals surface area contributed by atoms with Crippen molar-refractivity contribution >= 4 is 23.2 Å². The summed E-state index contributed by atoms with van der Waals surface area (Å²) in [4.78, 5) is 10.1. The number of aliphatic hydroxyl groups is 1. The van der Waals surface area contributed by atoms with E-state index in [9.17, 15) is 5.11 Å². The molecule has 1 aromatic carbocycles. The van der Waals surface area contributed by atoms with Crippen molar-refractivity contribution in [2.45, 2.75) is 18.6 Å². The van der Waals surface area contributed by atoms with Gasteiger partial charge in [-0.2, -0.15) is 0 Å². The molecule has 1 aliphatic rings. The lowest BCUT2D eigenvalue weighted by molar-refractivity contribution is 0.194. The molecule has 1 aromatic heterocycles. The molecule has 1 aliphatic heterocycles. The van der Waals surface area contributed by atoms with E-state index in [1.54, 1.807) is 7.11 Å². The number of aliphatic hydroxyl groups excluding tert-OH is 1. The van der Waals surface area contributed by atoms with Crippen LogP contribution in [0, 0.1) is 0 Å². The molecule has 3 rings (SSSR count). The van der Waals surface area contributed by atoms with E-state index in [1.807, 2.05) is 29.2 Å². The lowest BCUT2D eigenvalue weighted by Crippen LogP contribution is -2.26. The number of benzene rings is 1. The fourth-order valence-electron chi connectivity index (χ4n) is 2.79. The first-order chi connectivity index (χ1) is 10.6. The molecule has 7 heteroatoms. The Kier molecular flexibility index (Phi) is 4.04. The minimum Gasteiger partial charge on any atom is -0.497 e. The number of nitrogen functional groups attached to an aromatic ring is 1. The van der Waals surface area contributed by atoms with Gasteiger partial charge in [-0.05, 0) is 24.1 Å². The van der Waals surface area contributed by atoms with Gasteiger partial charge in [0, 0.05) is 6.54 Å². The van der Waals surface area contributed by atoms with E-state index in [4.69, 9.17) is 22.1 Å². The predicted molar refractivity (Wildman–Crippen MR) is 85.2 cm³/mol. The molecule has 0 bridgehead atoms. The van der Waals surface area contributed by atoms with Crippen LogP contribution in [0.4, 0.5) is 11.6 Å². The van der Waals surface area contributed by atoms with Gasteiger partial charge < -0.3 is 20.5 Å². The number of rotatable bonds is 3. The van der Waals surface area contributed by atoms with Gasteiger partial charge >= 0.3 is 0 Å². The van der Waals surface area contributed by atoms with E-state index in [0.29, 0.717) is 23.8 Å². The average Bonchev–Trinajstić information content (AvgIpc) is 2.92. The van der Waals surface area contributed by atoms with Crippen molar-refractivity contribution < 1.29 is 9.84 Å². The zero-order valence-electron chi connectivity index (χ0n) is 12.1. The minimum atomic E-state index is -0.455. The summed E-state index contributed by atoms with van der Waals surface area (Å²) in [5.41, 5.74) is 6.79. The van der Waals surface area contributed by atoms with Gasteiger partial charge in [0.1, 0.15) is 22.9 Å². The summed E-state index contributed by atoms with van der Waals surface area (Å²) in [5.74, 6) is 1.54. The Labute approximate surface area is 133 Å². The highest BCUT2D eigenvalue weighted by Crippen LogP contribution is 2.39. The summed E-state index contributed by atoms with van der Waals surface area (Å²) in [7, 11) is 1.63. The van der Waals surface area contributed by atoms with Gasteiger partial charge in [-0.25, -0.2) is 9.97 Å². The van der Waals surface area contributed by atoms with Crippen LogP contribution in [-0.4, -0.2) is 34.8 Å². The summed E-state index contributed by atoms with van der Waals surface area (Å²) in [6.07, 6.45) is 1.51. The molecule has 1 saturated heterocycles. The first kappa shape index (κ1) is 14.9. The van der Waals surface area contributed by atoms with Gasteiger partial charge in [0.15, 0.2) is 5.82 Å². The molecule has 2 heterocycles. The second kappa shape index (κ2) is 5.98. The fraction of sp³-hybridized carbons (Fsp3) is 0.333. The molecule has 6 nitrogen and oxygen atoms in total. The van der Waals surface area contributed by atoms with E-state index >= 15 is 0 Å². The molecular formula is C15H17ClN4O2. The van der Waals surface area contributed by atoms with E-state index in [2.05, 4.69) is 9.97 Å². The van der Waals surface area contributed by atoms with E-state index in [-0.39, 0.29) is 11.9 Å². The van der Waals surface area contributed by atoms with Crippen molar-refractivity contribution in [3.63, 3.8) is 0 Å². The van der Waals surface area contributed by atoms with Crippen molar-refractivity contribution in [3.05, 3.63) is 41.2 Å². The molecule has 0 aliphatic carbocycles. The van der Waals surface area contributed by atoms with Crippen LogP contribution >= 0.6 is 11.6 Å². The van der Waals surface area contributed by atoms with Crippen LogP contribution < -0.4 is 15.4 Å². The lowest BCUT2D eigenvalue weighted by atomic mass is 10.0. The highest BCUT2D eigenvalue weighted by molar-refractivity contribution is 6.35. The third kappa shape index (κ3) is 2.67. The van der Waals surface area contributed by atoms with Crippen LogP contribution in [0.5, 0.6) is 5.75 Å². The predicted octanol–water partition coefficient (Wildman–Crippen LogP) is 2.03. The van der Waals surface area contributed by atoms with Crippen molar-refractivity contribution in [3.8, 4) is 5.75 Å². The largest absolute Gasteiger partial charge is 0.497 e. The molecule has 1 fully saturated rings. The highest BCUT2D eigenvalue weighted by atomic mass is 35.5. The van der Waals surface area contributed by atoms with Gasteiger partial charge in [-0.15, -0.1) is 0 Å². The molecule has 2 atom stereocenters. The number of aromatic nitrogens is 2. The number of hydrogen-bond acceptors (Lipinski definition) is 6. The molecule has 0 radical (unpaired) electrons. The number of methoxy groups -OCH3 is 1. The Morgan fingerprint density at radius 1 is 1.41 bits per heavy atom. The molecule has 0 amide bonds. The Bertz CT molecular complexity index is 682. The number of halogens is 1. The Morgan fingerprint density at radius 2 is 2.23 bits per heavy atom. The molecule has 0 unspecified atom stereocenters. The molecule has 22 heavy (non-hydrogen) atoms. The van der Waals surface area contributed by atoms with Gasteiger partial charge in [0.25, 0.3) is 0 Å². The molecular weight excluding hydrogens is 304 g/mol. The molecule has 0 saturated carbocycles. The quantitative estimate of drug-likeness (QED) is 0.900. The third-order valence-corrected chi connectivity index (χ3v) is 4.19. The number of nitrogens with zero attached hydrogens (tertiary/aromatic N) is 3. The Morgan fingerprint density at radius 3 is 3.00 bits per heavy atom. The van der Waals surface area contributed by atoms with E-state index < -0.39 is 6.10 Å². The van der Waals surface area contributed by atoms with E-state index in [1.165, 1.54) is 6.33 Å². The molecule has 116 valence electrons. The zero-order chi connectivity index (χ0) is 15.7. The first-order valence-electron chi connectivity index (χ1n) is 6.94. The average molecular weight is 321 g/mol. The monoisotopic (exact) mass is 320 g/mol.